The third-order valence-corrected chi connectivity index (χ3v) is 2.01. The quantitative estimate of drug-likeness (QED) is 0.786. The van der Waals surface area contributed by atoms with E-state index in [1.165, 1.54) is 6.08 Å². The normalized spacial score (nSPS) is 11.8. The standard InChI is InChI=1S/C13H16ClNO/c1-13(2,3)15-12(16)8-7-10-5-4-6-11(14)9-10/h4-9H,1-3H3,(H,15,16)/b8-7+. The number of nitrogens with one attached hydrogen (secondary N) is 1. The van der Waals surface area contributed by atoms with E-state index >= 15 is 0 Å². The second-order valence-electron chi connectivity index (χ2n) is 4.63. The molecule has 16 heavy (non-hydrogen) atoms. The summed E-state index contributed by atoms with van der Waals surface area (Å²) in [4.78, 5) is 11.5. The molecule has 0 unspecified atom stereocenters. The molecule has 0 radical (unpaired) electrons. The number of carbonyl (C=O) groups excluding carboxylic acids is 1. The molecule has 0 fully saturated rings. The molecule has 0 saturated carbocycles. The van der Waals surface area contributed by atoms with Gasteiger partial charge < -0.3 is 5.32 Å². The molecule has 0 atom stereocenters. The fraction of sp³-hybridized carbons (Fsp3) is 0.308. The van der Waals surface area contributed by atoms with Crippen molar-refractivity contribution < 1.29 is 4.79 Å². The summed E-state index contributed by atoms with van der Waals surface area (Å²) in [7, 11) is 0. The maximum Gasteiger partial charge on any atom is 0.244 e. The average molecular weight is 238 g/mol. The first-order valence-corrected chi connectivity index (χ1v) is 5.50. The van der Waals surface area contributed by atoms with E-state index in [1.807, 2.05) is 39.0 Å². The Morgan fingerprint density at radius 3 is 2.62 bits per heavy atom. The molecule has 1 rings (SSSR count). The van der Waals surface area contributed by atoms with E-state index in [-0.39, 0.29) is 11.4 Å². The van der Waals surface area contributed by atoms with E-state index in [2.05, 4.69) is 5.32 Å². The van der Waals surface area contributed by atoms with Gasteiger partial charge in [0, 0.05) is 16.6 Å². The molecule has 1 aromatic carbocycles. The lowest BCUT2D eigenvalue weighted by Gasteiger charge is -2.18. The second kappa shape index (κ2) is 5.17. The van der Waals surface area contributed by atoms with Crippen molar-refractivity contribution in [3.8, 4) is 0 Å². The number of amides is 1. The van der Waals surface area contributed by atoms with Gasteiger partial charge in [0.2, 0.25) is 5.91 Å². The van der Waals surface area contributed by atoms with Crippen LogP contribution in [0.1, 0.15) is 26.3 Å². The van der Waals surface area contributed by atoms with E-state index in [0.29, 0.717) is 5.02 Å². The van der Waals surface area contributed by atoms with Gasteiger partial charge in [-0.15, -0.1) is 0 Å². The molecule has 1 amide bonds. The molecular formula is C13H16ClNO. The Morgan fingerprint density at radius 1 is 1.38 bits per heavy atom. The van der Waals surface area contributed by atoms with Gasteiger partial charge in [0.1, 0.15) is 0 Å². The van der Waals surface area contributed by atoms with Gasteiger partial charge in [0.15, 0.2) is 0 Å². The zero-order valence-corrected chi connectivity index (χ0v) is 10.5. The van der Waals surface area contributed by atoms with Crippen LogP contribution in [-0.4, -0.2) is 11.4 Å². The van der Waals surface area contributed by atoms with Crippen LogP contribution < -0.4 is 5.32 Å². The Kier molecular flexibility index (Phi) is 4.13. The smallest absolute Gasteiger partial charge is 0.244 e. The van der Waals surface area contributed by atoms with Crippen molar-refractivity contribution >= 4 is 23.6 Å². The van der Waals surface area contributed by atoms with Gasteiger partial charge in [-0.25, -0.2) is 0 Å². The molecule has 3 heteroatoms. The Hall–Kier alpha value is -1.28. The van der Waals surface area contributed by atoms with Crippen molar-refractivity contribution in [1.82, 2.24) is 5.32 Å². The largest absolute Gasteiger partial charge is 0.348 e. The summed E-state index contributed by atoms with van der Waals surface area (Å²) in [5, 5.41) is 3.51. The van der Waals surface area contributed by atoms with Gasteiger partial charge in [0.25, 0.3) is 0 Å². The fourth-order valence-corrected chi connectivity index (χ4v) is 1.39. The maximum atomic E-state index is 11.5. The van der Waals surface area contributed by atoms with Crippen LogP contribution in [0.15, 0.2) is 30.3 Å². The number of rotatable bonds is 2. The summed E-state index contributed by atoms with van der Waals surface area (Å²) in [5.74, 6) is -0.104. The Labute approximate surface area is 101 Å². The lowest BCUT2D eigenvalue weighted by Crippen LogP contribution is -2.39. The topological polar surface area (TPSA) is 29.1 Å². The summed E-state index contributed by atoms with van der Waals surface area (Å²) in [5.41, 5.74) is 0.701. The molecule has 0 aromatic heterocycles. The van der Waals surface area contributed by atoms with Crippen molar-refractivity contribution in [2.45, 2.75) is 26.3 Å². The molecule has 86 valence electrons. The third kappa shape index (κ3) is 4.99. The van der Waals surface area contributed by atoms with Crippen molar-refractivity contribution in [2.75, 3.05) is 0 Å². The predicted octanol–water partition coefficient (Wildman–Crippen LogP) is 3.27. The van der Waals surface area contributed by atoms with Crippen molar-refractivity contribution in [2.24, 2.45) is 0 Å². The number of hydrogen-bond acceptors (Lipinski definition) is 1. The molecule has 0 heterocycles. The highest BCUT2D eigenvalue weighted by Crippen LogP contribution is 2.11. The van der Waals surface area contributed by atoms with Crippen molar-refractivity contribution in [3.63, 3.8) is 0 Å². The third-order valence-electron chi connectivity index (χ3n) is 1.77. The average Bonchev–Trinajstić information content (AvgIpc) is 2.12. The molecule has 0 aliphatic heterocycles. The Bertz CT molecular complexity index is 405. The first kappa shape index (κ1) is 12.8. The van der Waals surface area contributed by atoms with Crippen molar-refractivity contribution in [1.29, 1.82) is 0 Å². The number of halogens is 1. The molecule has 0 aliphatic carbocycles. The molecule has 1 aromatic rings. The zero-order chi connectivity index (χ0) is 12.2. The molecule has 0 bridgehead atoms. The number of benzene rings is 1. The zero-order valence-electron chi connectivity index (χ0n) is 9.75. The molecular weight excluding hydrogens is 222 g/mol. The van der Waals surface area contributed by atoms with E-state index in [1.54, 1.807) is 12.1 Å². The van der Waals surface area contributed by atoms with Crippen LogP contribution in [0, 0.1) is 0 Å². The van der Waals surface area contributed by atoms with Crippen LogP contribution in [0.4, 0.5) is 0 Å². The van der Waals surface area contributed by atoms with Crippen molar-refractivity contribution in [3.05, 3.63) is 40.9 Å². The fourth-order valence-electron chi connectivity index (χ4n) is 1.19. The summed E-state index contributed by atoms with van der Waals surface area (Å²) in [6.07, 6.45) is 3.25. The summed E-state index contributed by atoms with van der Waals surface area (Å²) in [6.45, 7) is 5.83. The second-order valence-corrected chi connectivity index (χ2v) is 5.06. The van der Waals surface area contributed by atoms with E-state index in [0.717, 1.165) is 5.56 Å². The van der Waals surface area contributed by atoms with Gasteiger partial charge in [-0.3, -0.25) is 4.79 Å². The minimum absolute atomic E-state index is 0.104. The Balaban J connectivity index is 2.64. The number of hydrogen-bond donors (Lipinski definition) is 1. The highest BCUT2D eigenvalue weighted by atomic mass is 35.5. The minimum atomic E-state index is -0.213. The lowest BCUT2D eigenvalue weighted by atomic mass is 10.1. The number of carbonyl (C=O) groups is 1. The predicted molar refractivity (Wildman–Crippen MR) is 68.4 cm³/mol. The SMILES string of the molecule is CC(C)(C)NC(=O)/C=C/c1cccc(Cl)c1. The van der Waals surface area contributed by atoms with Gasteiger partial charge in [0.05, 0.1) is 0 Å². The van der Waals surface area contributed by atoms with Gasteiger partial charge in [-0.1, -0.05) is 23.7 Å². The summed E-state index contributed by atoms with van der Waals surface area (Å²) >= 11 is 5.83. The first-order valence-electron chi connectivity index (χ1n) is 5.13. The summed E-state index contributed by atoms with van der Waals surface area (Å²) < 4.78 is 0. The van der Waals surface area contributed by atoms with Crippen LogP contribution in [0.3, 0.4) is 0 Å². The summed E-state index contributed by atoms with van der Waals surface area (Å²) in [6, 6.07) is 7.35. The monoisotopic (exact) mass is 237 g/mol. The van der Waals surface area contributed by atoms with Gasteiger partial charge in [-0.05, 0) is 44.5 Å². The van der Waals surface area contributed by atoms with E-state index < -0.39 is 0 Å². The molecule has 2 nitrogen and oxygen atoms in total. The van der Waals surface area contributed by atoms with E-state index in [4.69, 9.17) is 11.6 Å². The molecule has 1 N–H and O–H groups in total. The van der Waals surface area contributed by atoms with Crippen LogP contribution in [0.25, 0.3) is 6.08 Å². The highest BCUT2D eigenvalue weighted by molar-refractivity contribution is 6.30. The lowest BCUT2D eigenvalue weighted by molar-refractivity contribution is -0.117. The van der Waals surface area contributed by atoms with Crippen LogP contribution in [0.5, 0.6) is 0 Å². The first-order chi connectivity index (χ1) is 7.37. The Morgan fingerprint density at radius 2 is 2.06 bits per heavy atom. The molecule has 0 saturated heterocycles. The van der Waals surface area contributed by atoms with Gasteiger partial charge >= 0.3 is 0 Å². The maximum absolute atomic E-state index is 11.5. The minimum Gasteiger partial charge on any atom is -0.348 e. The molecule has 0 spiro atoms. The van der Waals surface area contributed by atoms with Crippen LogP contribution in [-0.2, 0) is 4.79 Å². The van der Waals surface area contributed by atoms with Crippen LogP contribution >= 0.6 is 11.6 Å². The van der Waals surface area contributed by atoms with E-state index in [9.17, 15) is 4.79 Å². The highest BCUT2D eigenvalue weighted by Gasteiger charge is 2.10. The molecule has 0 aliphatic rings. The van der Waals surface area contributed by atoms with Crippen LogP contribution in [0.2, 0.25) is 5.02 Å². The van der Waals surface area contributed by atoms with Gasteiger partial charge in [-0.2, -0.15) is 0 Å².